The largest absolute Gasteiger partial charge is 0.207 e. The number of hydrogen-bond acceptors (Lipinski definition) is 0. The van der Waals surface area contributed by atoms with Crippen LogP contribution in [0.3, 0.4) is 0 Å². The summed E-state index contributed by atoms with van der Waals surface area (Å²) in [6.07, 6.45) is 12.4. The van der Waals surface area contributed by atoms with Crippen molar-refractivity contribution in [3.05, 3.63) is 76.1 Å². The Morgan fingerprint density at radius 1 is 0.781 bits per heavy atom. The first-order chi connectivity index (χ1) is 15.5. The summed E-state index contributed by atoms with van der Waals surface area (Å²) < 4.78 is 44.0. The molecule has 2 aliphatic carbocycles. The summed E-state index contributed by atoms with van der Waals surface area (Å²) >= 11 is 0. The third kappa shape index (κ3) is 5.13. The lowest BCUT2D eigenvalue weighted by molar-refractivity contribution is 0.339. The van der Waals surface area contributed by atoms with E-state index in [9.17, 15) is 13.2 Å². The van der Waals surface area contributed by atoms with Gasteiger partial charge >= 0.3 is 0 Å². The van der Waals surface area contributed by atoms with Crippen molar-refractivity contribution in [2.24, 2.45) is 11.8 Å². The Labute approximate surface area is 190 Å². The van der Waals surface area contributed by atoms with E-state index < -0.39 is 11.6 Å². The molecule has 0 saturated heterocycles. The number of allylic oxidation sites excluding steroid dienone is 1. The van der Waals surface area contributed by atoms with Crippen LogP contribution in [-0.4, -0.2) is 0 Å². The highest BCUT2D eigenvalue weighted by Crippen LogP contribution is 2.39. The maximum Gasteiger partial charge on any atom is 0.166 e. The zero-order valence-electron chi connectivity index (χ0n) is 19.3. The molecule has 0 radical (unpaired) electrons. The molecule has 2 aromatic carbocycles. The van der Waals surface area contributed by atoms with Crippen LogP contribution in [0, 0.1) is 29.3 Å². The van der Waals surface area contributed by atoms with Crippen molar-refractivity contribution in [3.63, 3.8) is 0 Å². The number of hydrogen-bond donors (Lipinski definition) is 0. The first-order valence-electron chi connectivity index (χ1n) is 12.4. The van der Waals surface area contributed by atoms with E-state index in [4.69, 9.17) is 0 Å². The third-order valence-corrected chi connectivity index (χ3v) is 7.83. The summed E-state index contributed by atoms with van der Waals surface area (Å²) in [6, 6.07) is 9.16. The van der Waals surface area contributed by atoms with Crippen LogP contribution in [0.5, 0.6) is 0 Å². The average molecular weight is 441 g/mol. The number of halogens is 3. The Morgan fingerprint density at radius 2 is 1.41 bits per heavy atom. The maximum atomic E-state index is 14.8. The van der Waals surface area contributed by atoms with Crippen LogP contribution < -0.4 is 0 Å². The lowest BCUT2D eigenvalue weighted by Crippen LogP contribution is -2.13. The number of benzene rings is 2. The van der Waals surface area contributed by atoms with E-state index >= 15 is 0 Å². The molecule has 0 N–H and O–H groups in total. The summed E-state index contributed by atoms with van der Waals surface area (Å²) in [5, 5.41) is 0. The predicted octanol–water partition coefficient (Wildman–Crippen LogP) is 8.95. The molecule has 0 aliphatic heterocycles. The van der Waals surface area contributed by atoms with Gasteiger partial charge in [-0.2, -0.15) is 0 Å². The Kier molecular flexibility index (Phi) is 7.43. The van der Waals surface area contributed by atoms with Crippen LogP contribution in [0.4, 0.5) is 13.2 Å². The van der Waals surface area contributed by atoms with Crippen LogP contribution in [-0.2, 0) is 6.42 Å². The zero-order chi connectivity index (χ0) is 22.7. The minimum absolute atomic E-state index is 0.0894. The summed E-state index contributed by atoms with van der Waals surface area (Å²) in [5.41, 5.74) is 2.73. The van der Waals surface area contributed by atoms with E-state index in [1.165, 1.54) is 0 Å². The van der Waals surface area contributed by atoms with Gasteiger partial charge in [-0.3, -0.25) is 0 Å². The average Bonchev–Trinajstić information content (AvgIpc) is 2.81. The molecule has 0 atom stereocenters. The number of aryl methyl sites for hydroxylation is 1. The van der Waals surface area contributed by atoms with Crippen molar-refractivity contribution in [3.8, 4) is 0 Å². The van der Waals surface area contributed by atoms with E-state index in [2.05, 4.69) is 6.92 Å². The van der Waals surface area contributed by atoms with Crippen molar-refractivity contribution < 1.29 is 13.2 Å². The van der Waals surface area contributed by atoms with Gasteiger partial charge in [-0.1, -0.05) is 63.1 Å². The van der Waals surface area contributed by atoms with Crippen LogP contribution in [0.2, 0.25) is 0 Å². The normalized spacial score (nSPS) is 26.5. The van der Waals surface area contributed by atoms with E-state index in [0.29, 0.717) is 23.0 Å². The minimum Gasteiger partial charge on any atom is -0.207 e. The van der Waals surface area contributed by atoms with Crippen molar-refractivity contribution in [2.45, 2.75) is 83.5 Å². The second kappa shape index (κ2) is 10.3. The quantitative estimate of drug-likeness (QED) is 0.435. The topological polar surface area (TPSA) is 0 Å². The van der Waals surface area contributed by atoms with E-state index in [-0.39, 0.29) is 17.7 Å². The van der Waals surface area contributed by atoms with Crippen LogP contribution in [0.25, 0.3) is 6.08 Å². The molecule has 3 heteroatoms. The van der Waals surface area contributed by atoms with Gasteiger partial charge in [0.15, 0.2) is 11.6 Å². The molecular weight excluding hydrogens is 405 g/mol. The lowest BCUT2D eigenvalue weighted by Gasteiger charge is -2.27. The SMILES string of the molecule is CCc1ccc(C2CCC(/C=C/c3ccc(C4CCC(C)CC4)c(F)c3F)CC2)c(F)c1. The Balaban J connectivity index is 1.37. The molecule has 0 nitrogen and oxygen atoms in total. The molecule has 172 valence electrons. The van der Waals surface area contributed by atoms with Gasteiger partial charge in [0.1, 0.15) is 5.82 Å². The first-order valence-corrected chi connectivity index (χ1v) is 12.4. The second-order valence-corrected chi connectivity index (χ2v) is 10.0. The Hall–Kier alpha value is -2.03. The minimum atomic E-state index is -0.718. The summed E-state index contributed by atoms with van der Waals surface area (Å²) in [5.74, 6) is -0.0770. The highest BCUT2D eigenvalue weighted by atomic mass is 19.2. The number of rotatable bonds is 5. The van der Waals surface area contributed by atoms with Gasteiger partial charge in [-0.25, -0.2) is 13.2 Å². The molecule has 0 bridgehead atoms. The van der Waals surface area contributed by atoms with Crippen molar-refractivity contribution in [1.82, 2.24) is 0 Å². The van der Waals surface area contributed by atoms with Crippen LogP contribution in [0.1, 0.15) is 99.3 Å². The molecule has 0 amide bonds. The Bertz CT molecular complexity index is 945. The van der Waals surface area contributed by atoms with Gasteiger partial charge in [-0.15, -0.1) is 0 Å². The molecule has 0 aromatic heterocycles. The fraction of sp³-hybridized carbons (Fsp3) is 0.517. The van der Waals surface area contributed by atoms with Gasteiger partial charge in [-0.05, 0) is 91.4 Å². The highest BCUT2D eigenvalue weighted by Gasteiger charge is 2.25. The first kappa shape index (κ1) is 23.1. The standard InChI is InChI=1S/C29H35F3/c1-3-20-9-16-25(27(30)18-20)22-12-6-21(7-13-22)8-14-24-15-17-26(29(32)28(24)31)23-10-4-19(2)5-11-23/h8-9,14-19,21-23H,3-7,10-13H2,1-2H3/b14-8+. The molecule has 2 saturated carbocycles. The highest BCUT2D eigenvalue weighted by molar-refractivity contribution is 5.52. The molecular formula is C29H35F3. The van der Waals surface area contributed by atoms with Crippen LogP contribution >= 0.6 is 0 Å². The summed E-state index contributed by atoms with van der Waals surface area (Å²) in [4.78, 5) is 0. The summed E-state index contributed by atoms with van der Waals surface area (Å²) in [7, 11) is 0. The van der Waals surface area contributed by atoms with Gasteiger partial charge in [0.05, 0.1) is 0 Å². The smallest absolute Gasteiger partial charge is 0.166 e. The molecule has 2 aromatic rings. The van der Waals surface area contributed by atoms with Gasteiger partial charge < -0.3 is 0 Å². The van der Waals surface area contributed by atoms with E-state index in [1.54, 1.807) is 24.3 Å². The molecule has 0 heterocycles. The molecule has 32 heavy (non-hydrogen) atoms. The van der Waals surface area contributed by atoms with Crippen molar-refractivity contribution in [1.29, 1.82) is 0 Å². The van der Waals surface area contributed by atoms with Crippen molar-refractivity contribution in [2.75, 3.05) is 0 Å². The third-order valence-electron chi connectivity index (χ3n) is 7.83. The predicted molar refractivity (Wildman–Crippen MR) is 126 cm³/mol. The lowest BCUT2D eigenvalue weighted by atomic mass is 9.78. The van der Waals surface area contributed by atoms with E-state index in [1.807, 2.05) is 25.1 Å². The molecule has 0 spiro atoms. The van der Waals surface area contributed by atoms with Gasteiger partial charge in [0, 0.05) is 5.56 Å². The van der Waals surface area contributed by atoms with Crippen LogP contribution in [0.15, 0.2) is 36.4 Å². The monoisotopic (exact) mass is 440 g/mol. The molecule has 4 rings (SSSR count). The Morgan fingerprint density at radius 3 is 2.06 bits per heavy atom. The molecule has 2 aliphatic rings. The fourth-order valence-electron chi connectivity index (χ4n) is 5.58. The van der Waals surface area contributed by atoms with E-state index in [0.717, 1.165) is 68.9 Å². The zero-order valence-corrected chi connectivity index (χ0v) is 19.3. The summed E-state index contributed by atoms with van der Waals surface area (Å²) in [6.45, 7) is 4.26. The van der Waals surface area contributed by atoms with Gasteiger partial charge in [0.2, 0.25) is 0 Å². The van der Waals surface area contributed by atoms with Gasteiger partial charge in [0.25, 0.3) is 0 Å². The fourth-order valence-corrected chi connectivity index (χ4v) is 5.58. The molecule has 0 unspecified atom stereocenters. The second-order valence-electron chi connectivity index (χ2n) is 10.0. The molecule has 2 fully saturated rings. The van der Waals surface area contributed by atoms with Crippen molar-refractivity contribution >= 4 is 6.08 Å². The maximum absolute atomic E-state index is 14.8.